The highest BCUT2D eigenvalue weighted by molar-refractivity contribution is 5.86. The highest BCUT2D eigenvalue weighted by Crippen LogP contribution is 2.35. The second kappa shape index (κ2) is 8.26. The van der Waals surface area contributed by atoms with E-state index in [1.165, 1.54) is 6.92 Å². The minimum Gasteiger partial charge on any atom is -0.478 e. The maximum Gasteiger partial charge on any atom is 0.331 e. The summed E-state index contributed by atoms with van der Waals surface area (Å²) in [5, 5.41) is 18.5. The Morgan fingerprint density at radius 1 is 1.35 bits per heavy atom. The topological polar surface area (TPSA) is 93.1 Å². The van der Waals surface area contributed by atoms with Gasteiger partial charge in [-0.15, -0.1) is 0 Å². The molecule has 6 heteroatoms. The van der Waals surface area contributed by atoms with Crippen molar-refractivity contribution in [1.82, 2.24) is 0 Å². The minimum atomic E-state index is -1.01. The summed E-state index contributed by atoms with van der Waals surface area (Å²) in [6.07, 6.45) is 2.70. The van der Waals surface area contributed by atoms with E-state index in [1.807, 2.05) is 13.8 Å². The Balaban J connectivity index is 3.10. The summed E-state index contributed by atoms with van der Waals surface area (Å²) in [4.78, 5) is 27.3. The first-order valence-corrected chi connectivity index (χ1v) is 7.72. The summed E-state index contributed by atoms with van der Waals surface area (Å²) < 4.78 is 5.31. The molecule has 0 aliphatic heterocycles. The largest absolute Gasteiger partial charge is 0.478 e. The van der Waals surface area contributed by atoms with Crippen LogP contribution in [0.5, 0.6) is 0 Å². The highest BCUT2D eigenvalue weighted by Gasteiger charge is 2.32. The predicted molar refractivity (Wildman–Crippen MR) is 84.8 cm³/mol. The van der Waals surface area contributed by atoms with Crippen LogP contribution in [0.15, 0.2) is 23.8 Å². The molecule has 130 valence electrons. The number of carbonyl (C=O) groups excluding carboxylic acids is 1. The van der Waals surface area contributed by atoms with Crippen molar-refractivity contribution >= 4 is 11.9 Å². The molecule has 6 nitrogen and oxygen atoms in total. The lowest BCUT2D eigenvalue weighted by atomic mass is 9.79. The van der Waals surface area contributed by atoms with Crippen molar-refractivity contribution in [1.29, 1.82) is 0 Å². The maximum absolute atomic E-state index is 11.4. The Morgan fingerprint density at radius 2 is 2.00 bits per heavy atom. The second-order valence-corrected chi connectivity index (χ2v) is 6.83. The van der Waals surface area contributed by atoms with Crippen LogP contribution < -0.4 is 0 Å². The van der Waals surface area contributed by atoms with Gasteiger partial charge in [0.1, 0.15) is 12.2 Å². The van der Waals surface area contributed by atoms with Crippen LogP contribution in [-0.2, 0) is 19.2 Å². The zero-order chi connectivity index (χ0) is 17.6. The number of allylic oxidation sites excluding steroid dienone is 1. The SMILES string of the molecule is C=C1CCC=C(C(=O)O)CC(OC(C)=O)CC(C)(C)CC1OO. The van der Waals surface area contributed by atoms with E-state index >= 15 is 0 Å². The number of hydrogen-bond acceptors (Lipinski definition) is 5. The van der Waals surface area contributed by atoms with Crippen molar-refractivity contribution in [2.24, 2.45) is 5.41 Å². The molecule has 0 spiro atoms. The van der Waals surface area contributed by atoms with Crippen molar-refractivity contribution in [3.63, 3.8) is 0 Å². The van der Waals surface area contributed by atoms with Gasteiger partial charge < -0.3 is 9.84 Å². The first-order valence-electron chi connectivity index (χ1n) is 7.72. The van der Waals surface area contributed by atoms with Crippen LogP contribution in [0.25, 0.3) is 0 Å². The van der Waals surface area contributed by atoms with Gasteiger partial charge in [0, 0.05) is 18.9 Å². The Labute approximate surface area is 136 Å². The molecule has 23 heavy (non-hydrogen) atoms. The number of aliphatic carboxylic acids is 1. The molecule has 0 aromatic carbocycles. The summed E-state index contributed by atoms with van der Waals surface area (Å²) >= 11 is 0. The number of esters is 1. The molecular formula is C17H26O6. The van der Waals surface area contributed by atoms with E-state index < -0.39 is 24.1 Å². The Kier molecular flexibility index (Phi) is 6.97. The summed E-state index contributed by atoms with van der Waals surface area (Å²) in [6, 6.07) is 0. The van der Waals surface area contributed by atoms with Gasteiger partial charge in [0.25, 0.3) is 0 Å². The Bertz CT molecular complexity index is 491. The predicted octanol–water partition coefficient (Wildman–Crippen LogP) is 3.33. The average Bonchev–Trinajstić information content (AvgIpc) is 2.43. The van der Waals surface area contributed by atoms with Crippen LogP contribution in [0.3, 0.4) is 0 Å². The van der Waals surface area contributed by atoms with E-state index in [2.05, 4.69) is 11.5 Å². The molecule has 0 saturated heterocycles. The van der Waals surface area contributed by atoms with Gasteiger partial charge in [0.15, 0.2) is 0 Å². The van der Waals surface area contributed by atoms with Crippen molar-refractivity contribution in [2.75, 3.05) is 0 Å². The highest BCUT2D eigenvalue weighted by atomic mass is 17.1. The molecule has 1 rings (SSSR count). The number of hydrogen-bond donors (Lipinski definition) is 2. The van der Waals surface area contributed by atoms with Crippen LogP contribution in [0.4, 0.5) is 0 Å². The van der Waals surface area contributed by atoms with Crippen LogP contribution in [0, 0.1) is 5.41 Å². The summed E-state index contributed by atoms with van der Waals surface area (Å²) in [5.41, 5.74) is 0.612. The Morgan fingerprint density at radius 3 is 2.52 bits per heavy atom. The van der Waals surface area contributed by atoms with Gasteiger partial charge in [0.05, 0.1) is 0 Å². The van der Waals surface area contributed by atoms with E-state index in [0.717, 1.165) is 0 Å². The molecular weight excluding hydrogens is 300 g/mol. The maximum atomic E-state index is 11.4. The fraction of sp³-hybridized carbons (Fsp3) is 0.647. The van der Waals surface area contributed by atoms with E-state index in [-0.39, 0.29) is 17.4 Å². The van der Waals surface area contributed by atoms with E-state index in [4.69, 9.17) is 9.99 Å². The van der Waals surface area contributed by atoms with Gasteiger partial charge in [-0.2, -0.15) is 0 Å². The van der Waals surface area contributed by atoms with Crippen molar-refractivity contribution in [3.05, 3.63) is 23.8 Å². The van der Waals surface area contributed by atoms with Crippen LogP contribution in [-0.4, -0.2) is 34.5 Å². The van der Waals surface area contributed by atoms with E-state index in [0.29, 0.717) is 31.3 Å². The molecule has 2 unspecified atom stereocenters. The normalized spacial score (nSPS) is 25.9. The lowest BCUT2D eigenvalue weighted by molar-refractivity contribution is -0.274. The molecule has 1 aliphatic carbocycles. The molecule has 2 N–H and O–H groups in total. The lowest BCUT2D eigenvalue weighted by Gasteiger charge is -2.32. The molecule has 0 saturated carbocycles. The third-order valence-electron chi connectivity index (χ3n) is 4.01. The number of carboxylic acid groups (broad SMARTS) is 1. The summed E-state index contributed by atoms with van der Waals surface area (Å²) in [7, 11) is 0. The fourth-order valence-electron chi connectivity index (χ4n) is 2.94. The van der Waals surface area contributed by atoms with Gasteiger partial charge in [-0.25, -0.2) is 9.68 Å². The van der Waals surface area contributed by atoms with Crippen molar-refractivity contribution in [2.45, 2.75) is 65.1 Å². The minimum absolute atomic E-state index is 0.162. The number of carbonyl (C=O) groups is 2. The fourth-order valence-corrected chi connectivity index (χ4v) is 2.94. The number of rotatable bonds is 3. The standard InChI is InChI=1S/C17H26O6/c1-11-6-5-7-13(16(19)20)8-14(22-12(2)18)9-17(3,4)10-15(11)23-21/h7,14-15,21H,1,5-6,8-10H2,2-4H3,(H,19,20). The molecule has 0 heterocycles. The lowest BCUT2D eigenvalue weighted by Crippen LogP contribution is -2.30. The number of ether oxygens (including phenoxy) is 1. The third kappa shape index (κ3) is 6.54. The first-order chi connectivity index (χ1) is 10.6. The van der Waals surface area contributed by atoms with Gasteiger partial charge in [0.2, 0.25) is 0 Å². The Hall–Kier alpha value is -1.66. The molecule has 0 bridgehead atoms. The zero-order valence-electron chi connectivity index (χ0n) is 14.0. The number of carboxylic acids is 1. The molecule has 0 aromatic heterocycles. The van der Waals surface area contributed by atoms with Crippen LogP contribution in [0.1, 0.15) is 52.9 Å². The van der Waals surface area contributed by atoms with E-state index in [1.54, 1.807) is 6.08 Å². The second-order valence-electron chi connectivity index (χ2n) is 6.83. The molecule has 0 fully saturated rings. The van der Waals surface area contributed by atoms with E-state index in [9.17, 15) is 14.7 Å². The molecule has 1 aliphatic rings. The summed E-state index contributed by atoms with van der Waals surface area (Å²) in [6.45, 7) is 9.16. The molecule has 2 atom stereocenters. The van der Waals surface area contributed by atoms with Crippen LogP contribution in [0.2, 0.25) is 0 Å². The van der Waals surface area contributed by atoms with Crippen molar-refractivity contribution in [3.8, 4) is 0 Å². The van der Waals surface area contributed by atoms with Gasteiger partial charge >= 0.3 is 11.9 Å². The molecule has 0 aromatic rings. The monoisotopic (exact) mass is 326 g/mol. The van der Waals surface area contributed by atoms with Gasteiger partial charge in [-0.1, -0.05) is 26.5 Å². The molecule has 0 amide bonds. The summed E-state index contributed by atoms with van der Waals surface area (Å²) in [5.74, 6) is -1.45. The zero-order valence-corrected chi connectivity index (χ0v) is 14.0. The van der Waals surface area contributed by atoms with Crippen molar-refractivity contribution < 1.29 is 29.6 Å². The van der Waals surface area contributed by atoms with Gasteiger partial charge in [-0.3, -0.25) is 10.1 Å². The molecule has 0 radical (unpaired) electrons. The smallest absolute Gasteiger partial charge is 0.331 e. The quantitative estimate of drug-likeness (QED) is 0.358. The average molecular weight is 326 g/mol. The first kappa shape index (κ1) is 19.4. The third-order valence-corrected chi connectivity index (χ3v) is 4.01. The van der Waals surface area contributed by atoms with Gasteiger partial charge in [-0.05, 0) is 36.7 Å². The van der Waals surface area contributed by atoms with Crippen LogP contribution >= 0.6 is 0 Å².